The zero-order chi connectivity index (χ0) is 20.0. The van der Waals surface area contributed by atoms with Crippen LogP contribution >= 0.6 is 0 Å². The normalized spacial score (nSPS) is 10.2. The number of carboxylic acids is 1. The summed E-state index contributed by atoms with van der Waals surface area (Å²) >= 11 is 0. The molecule has 0 aliphatic heterocycles. The maximum Gasteiger partial charge on any atom is 0.336 e. The van der Waals surface area contributed by atoms with Crippen LogP contribution in [0.3, 0.4) is 0 Å². The number of ether oxygens (including phenoxy) is 1. The summed E-state index contributed by atoms with van der Waals surface area (Å²) in [6, 6.07) is 9.87. The van der Waals surface area contributed by atoms with Crippen LogP contribution in [0, 0.1) is 13.8 Å². The van der Waals surface area contributed by atoms with Crippen molar-refractivity contribution >= 4 is 23.5 Å². The second kappa shape index (κ2) is 8.84. The molecule has 0 saturated heterocycles. The van der Waals surface area contributed by atoms with Crippen LogP contribution in [0.15, 0.2) is 36.4 Å². The van der Waals surface area contributed by atoms with Gasteiger partial charge in [-0.25, -0.2) is 4.79 Å². The molecule has 2 rings (SSSR count). The van der Waals surface area contributed by atoms with Crippen molar-refractivity contribution in [3.63, 3.8) is 0 Å². The van der Waals surface area contributed by atoms with Gasteiger partial charge in [0.15, 0.2) is 0 Å². The third-order valence-electron chi connectivity index (χ3n) is 3.92. The van der Waals surface area contributed by atoms with Crippen LogP contribution in [-0.4, -0.2) is 36.0 Å². The molecule has 27 heavy (non-hydrogen) atoms. The Morgan fingerprint density at radius 3 is 2.41 bits per heavy atom. The van der Waals surface area contributed by atoms with Crippen molar-refractivity contribution in [2.45, 2.75) is 20.8 Å². The summed E-state index contributed by atoms with van der Waals surface area (Å²) in [5.41, 5.74) is 2.20. The predicted octanol–water partition coefficient (Wildman–Crippen LogP) is 2.77. The first kappa shape index (κ1) is 20.0. The fourth-order valence-corrected chi connectivity index (χ4v) is 2.60. The standard InChI is InChI=1S/C20H22N2O5/c1-4-27-17-8-6-5-7-14(17)19(24)21-11-18(23)22-16-10-15(20(25)26)12(2)9-13(16)3/h5-10H,4,11H2,1-3H3,(H,21,24)(H,22,23)(H,25,26). The molecule has 0 aliphatic rings. The summed E-state index contributed by atoms with van der Waals surface area (Å²) in [6.45, 7) is 5.44. The van der Waals surface area contributed by atoms with Gasteiger partial charge in [0.1, 0.15) is 5.75 Å². The van der Waals surface area contributed by atoms with E-state index in [1.165, 1.54) is 6.07 Å². The topological polar surface area (TPSA) is 105 Å². The van der Waals surface area contributed by atoms with Gasteiger partial charge in [-0.15, -0.1) is 0 Å². The number of para-hydroxylation sites is 1. The van der Waals surface area contributed by atoms with Crippen LogP contribution < -0.4 is 15.4 Å². The summed E-state index contributed by atoms with van der Waals surface area (Å²) in [6.07, 6.45) is 0. The average molecular weight is 370 g/mol. The van der Waals surface area contributed by atoms with Gasteiger partial charge in [0.05, 0.1) is 24.3 Å². The number of hydrogen-bond acceptors (Lipinski definition) is 4. The minimum absolute atomic E-state index is 0.116. The fraction of sp³-hybridized carbons (Fsp3) is 0.250. The first-order valence-corrected chi connectivity index (χ1v) is 8.48. The largest absolute Gasteiger partial charge is 0.493 e. The van der Waals surface area contributed by atoms with Crippen molar-refractivity contribution in [3.05, 3.63) is 58.7 Å². The van der Waals surface area contributed by atoms with E-state index in [2.05, 4.69) is 10.6 Å². The number of nitrogens with one attached hydrogen (secondary N) is 2. The molecule has 0 saturated carbocycles. The van der Waals surface area contributed by atoms with Gasteiger partial charge in [0.25, 0.3) is 5.91 Å². The molecule has 0 aromatic heterocycles. The van der Waals surface area contributed by atoms with Gasteiger partial charge in [0.2, 0.25) is 5.91 Å². The van der Waals surface area contributed by atoms with Gasteiger partial charge in [-0.05, 0) is 50.1 Å². The van der Waals surface area contributed by atoms with Crippen molar-refractivity contribution in [2.24, 2.45) is 0 Å². The van der Waals surface area contributed by atoms with E-state index in [4.69, 9.17) is 4.74 Å². The van der Waals surface area contributed by atoms with E-state index in [9.17, 15) is 19.5 Å². The quantitative estimate of drug-likeness (QED) is 0.695. The maximum absolute atomic E-state index is 12.3. The molecular weight excluding hydrogens is 348 g/mol. The Balaban J connectivity index is 2.04. The van der Waals surface area contributed by atoms with Gasteiger partial charge in [0, 0.05) is 5.69 Å². The van der Waals surface area contributed by atoms with E-state index < -0.39 is 17.8 Å². The maximum atomic E-state index is 12.3. The van der Waals surface area contributed by atoms with Crippen LogP contribution in [0.2, 0.25) is 0 Å². The number of carbonyl (C=O) groups excluding carboxylic acids is 2. The zero-order valence-electron chi connectivity index (χ0n) is 15.5. The fourth-order valence-electron chi connectivity index (χ4n) is 2.60. The Morgan fingerprint density at radius 2 is 1.74 bits per heavy atom. The molecule has 0 radical (unpaired) electrons. The van der Waals surface area contributed by atoms with Crippen LogP contribution in [0.5, 0.6) is 5.75 Å². The van der Waals surface area contributed by atoms with E-state index in [-0.39, 0.29) is 12.1 Å². The molecule has 0 fully saturated rings. The summed E-state index contributed by atoms with van der Waals surface area (Å²) in [5, 5.41) is 14.4. The average Bonchev–Trinajstić information content (AvgIpc) is 2.62. The number of benzene rings is 2. The van der Waals surface area contributed by atoms with Crippen molar-refractivity contribution in [1.29, 1.82) is 0 Å². The summed E-state index contributed by atoms with van der Waals surface area (Å²) in [5.74, 6) is -1.51. The van der Waals surface area contributed by atoms with Gasteiger partial charge in [-0.3, -0.25) is 9.59 Å². The minimum atomic E-state index is -1.07. The lowest BCUT2D eigenvalue weighted by Crippen LogP contribution is -2.33. The molecule has 2 aromatic rings. The van der Waals surface area contributed by atoms with Gasteiger partial charge in [-0.2, -0.15) is 0 Å². The molecular formula is C20H22N2O5. The Hall–Kier alpha value is -3.35. The summed E-state index contributed by atoms with van der Waals surface area (Å²) in [4.78, 5) is 35.7. The predicted molar refractivity (Wildman–Crippen MR) is 101 cm³/mol. The Labute approximate surface area is 157 Å². The van der Waals surface area contributed by atoms with Crippen LogP contribution in [0.25, 0.3) is 0 Å². The number of hydrogen-bond donors (Lipinski definition) is 3. The summed E-state index contributed by atoms with van der Waals surface area (Å²) in [7, 11) is 0. The highest BCUT2D eigenvalue weighted by atomic mass is 16.5. The van der Waals surface area contributed by atoms with Gasteiger partial charge >= 0.3 is 5.97 Å². The molecule has 2 aromatic carbocycles. The molecule has 7 nitrogen and oxygen atoms in total. The lowest BCUT2D eigenvalue weighted by atomic mass is 10.0. The third-order valence-corrected chi connectivity index (χ3v) is 3.92. The number of amides is 2. The van der Waals surface area contributed by atoms with Crippen LogP contribution in [0.4, 0.5) is 5.69 Å². The van der Waals surface area contributed by atoms with E-state index in [0.717, 1.165) is 5.56 Å². The smallest absolute Gasteiger partial charge is 0.336 e. The lowest BCUT2D eigenvalue weighted by molar-refractivity contribution is -0.115. The molecule has 142 valence electrons. The highest BCUT2D eigenvalue weighted by molar-refractivity contribution is 6.01. The van der Waals surface area contributed by atoms with E-state index >= 15 is 0 Å². The van der Waals surface area contributed by atoms with Crippen molar-refractivity contribution < 1.29 is 24.2 Å². The zero-order valence-corrected chi connectivity index (χ0v) is 15.5. The van der Waals surface area contributed by atoms with Crippen LogP contribution in [-0.2, 0) is 4.79 Å². The first-order valence-electron chi connectivity index (χ1n) is 8.48. The second-order valence-electron chi connectivity index (χ2n) is 5.95. The molecule has 0 heterocycles. The number of carbonyl (C=O) groups is 3. The number of carboxylic acid groups (broad SMARTS) is 1. The van der Waals surface area contributed by atoms with Crippen molar-refractivity contribution in [2.75, 3.05) is 18.5 Å². The van der Waals surface area contributed by atoms with Gasteiger partial charge in [-0.1, -0.05) is 18.2 Å². The number of aryl methyl sites for hydroxylation is 2. The van der Waals surface area contributed by atoms with Gasteiger partial charge < -0.3 is 20.5 Å². The monoisotopic (exact) mass is 370 g/mol. The first-order chi connectivity index (χ1) is 12.8. The molecule has 0 bridgehead atoms. The lowest BCUT2D eigenvalue weighted by Gasteiger charge is -2.13. The van der Waals surface area contributed by atoms with Crippen LogP contribution in [0.1, 0.15) is 38.8 Å². The summed E-state index contributed by atoms with van der Waals surface area (Å²) < 4.78 is 5.41. The minimum Gasteiger partial charge on any atom is -0.493 e. The Morgan fingerprint density at radius 1 is 1.04 bits per heavy atom. The second-order valence-corrected chi connectivity index (χ2v) is 5.95. The highest BCUT2D eigenvalue weighted by Gasteiger charge is 2.15. The van der Waals surface area contributed by atoms with E-state index in [1.54, 1.807) is 44.2 Å². The molecule has 0 spiro atoms. The van der Waals surface area contributed by atoms with E-state index in [1.807, 2.05) is 6.92 Å². The molecule has 3 N–H and O–H groups in total. The Bertz CT molecular complexity index is 877. The van der Waals surface area contributed by atoms with Crippen molar-refractivity contribution in [1.82, 2.24) is 5.32 Å². The number of aromatic carboxylic acids is 1. The van der Waals surface area contributed by atoms with E-state index in [0.29, 0.717) is 29.2 Å². The Kier molecular flexibility index (Phi) is 6.54. The molecule has 2 amide bonds. The molecule has 0 unspecified atom stereocenters. The molecule has 7 heteroatoms. The number of anilines is 1. The SMILES string of the molecule is CCOc1ccccc1C(=O)NCC(=O)Nc1cc(C(=O)O)c(C)cc1C. The third kappa shape index (κ3) is 5.07. The highest BCUT2D eigenvalue weighted by Crippen LogP contribution is 2.21. The number of rotatable bonds is 7. The molecule has 0 aliphatic carbocycles. The van der Waals surface area contributed by atoms with Crippen molar-refractivity contribution in [3.8, 4) is 5.75 Å². The molecule has 0 atom stereocenters.